The molecule has 0 fully saturated rings. The van der Waals surface area contributed by atoms with E-state index < -0.39 is 28.6 Å². The average molecular weight is 207 g/mol. The summed E-state index contributed by atoms with van der Waals surface area (Å²) < 4.78 is 37.4. The molecule has 0 N–H and O–H groups in total. The van der Waals surface area contributed by atoms with Crippen LogP contribution in [-0.2, 0) is 0 Å². The second-order valence-corrected chi connectivity index (χ2v) is 3.37. The van der Waals surface area contributed by atoms with E-state index in [0.29, 0.717) is 0 Å². The Labute approximate surface area is 78.1 Å². The molecule has 14 heavy (non-hydrogen) atoms. The molecule has 0 aliphatic heterocycles. The van der Waals surface area contributed by atoms with Gasteiger partial charge in [-0.05, 0) is 6.92 Å². The van der Waals surface area contributed by atoms with E-state index in [2.05, 4.69) is 0 Å². The lowest BCUT2D eigenvalue weighted by Gasteiger charge is -2.28. The van der Waals surface area contributed by atoms with Crippen molar-refractivity contribution in [2.24, 2.45) is 5.41 Å². The normalized spacial score (nSPS) is 27.3. The topological polar surface area (TPSA) is 43.1 Å². The van der Waals surface area contributed by atoms with Crippen molar-refractivity contribution in [2.75, 3.05) is 0 Å². The summed E-state index contributed by atoms with van der Waals surface area (Å²) in [6.45, 7) is 0.944. The highest BCUT2D eigenvalue weighted by molar-refractivity contribution is 5.20. The van der Waals surface area contributed by atoms with Gasteiger partial charge in [0.15, 0.2) is 0 Å². The fourth-order valence-electron chi connectivity index (χ4n) is 1.19. The van der Waals surface area contributed by atoms with Crippen molar-refractivity contribution in [3.05, 3.63) is 34.0 Å². The summed E-state index contributed by atoms with van der Waals surface area (Å²) in [6, 6.07) is 0. The molecule has 1 aliphatic rings. The highest BCUT2D eigenvalue weighted by Crippen LogP contribution is 2.45. The van der Waals surface area contributed by atoms with Gasteiger partial charge in [0.25, 0.3) is 0 Å². The molecule has 78 valence electrons. The first-order chi connectivity index (χ1) is 6.26. The number of rotatable bonds is 1. The van der Waals surface area contributed by atoms with Crippen LogP contribution in [0.3, 0.4) is 0 Å². The molecule has 0 bridgehead atoms. The van der Waals surface area contributed by atoms with Gasteiger partial charge in [0, 0.05) is 6.08 Å². The molecule has 0 spiro atoms. The van der Waals surface area contributed by atoms with Gasteiger partial charge in [-0.1, -0.05) is 12.2 Å². The fourth-order valence-corrected chi connectivity index (χ4v) is 1.19. The minimum atomic E-state index is -4.46. The minimum absolute atomic E-state index is 0.410. The zero-order valence-corrected chi connectivity index (χ0v) is 7.34. The van der Waals surface area contributed by atoms with Crippen LogP contribution in [0.2, 0.25) is 0 Å². The Balaban J connectivity index is 2.96. The Morgan fingerprint density at radius 2 is 2.14 bits per heavy atom. The van der Waals surface area contributed by atoms with Crippen molar-refractivity contribution in [1.29, 1.82) is 0 Å². The molecule has 1 atom stereocenters. The van der Waals surface area contributed by atoms with Crippen LogP contribution in [0.1, 0.15) is 13.3 Å². The van der Waals surface area contributed by atoms with Gasteiger partial charge in [-0.3, -0.25) is 10.1 Å². The second kappa shape index (κ2) is 3.11. The van der Waals surface area contributed by atoms with E-state index in [4.69, 9.17) is 0 Å². The minimum Gasteiger partial charge on any atom is -0.259 e. The van der Waals surface area contributed by atoms with E-state index >= 15 is 0 Å². The Hall–Kier alpha value is -1.33. The van der Waals surface area contributed by atoms with Crippen LogP contribution in [0.4, 0.5) is 13.2 Å². The Kier molecular flexibility index (Phi) is 2.39. The molecule has 0 radical (unpaired) electrons. The van der Waals surface area contributed by atoms with Crippen molar-refractivity contribution in [3.8, 4) is 0 Å². The summed E-state index contributed by atoms with van der Waals surface area (Å²) >= 11 is 0. The molecule has 0 saturated heterocycles. The van der Waals surface area contributed by atoms with E-state index in [1.54, 1.807) is 0 Å². The van der Waals surface area contributed by atoms with Crippen molar-refractivity contribution < 1.29 is 18.1 Å². The van der Waals surface area contributed by atoms with Crippen LogP contribution >= 0.6 is 0 Å². The molecule has 6 heteroatoms. The maximum absolute atomic E-state index is 12.5. The summed E-state index contributed by atoms with van der Waals surface area (Å²) in [5.41, 5.74) is -2.53. The number of hydrogen-bond acceptors (Lipinski definition) is 2. The van der Waals surface area contributed by atoms with E-state index in [1.165, 1.54) is 0 Å². The van der Waals surface area contributed by atoms with E-state index in [0.717, 1.165) is 25.2 Å². The maximum atomic E-state index is 12.5. The van der Waals surface area contributed by atoms with E-state index in [-0.39, 0.29) is 0 Å². The number of nitrogens with zero attached hydrogens (tertiary/aromatic N) is 1. The largest absolute Gasteiger partial charge is 0.398 e. The lowest BCUT2D eigenvalue weighted by molar-refractivity contribution is -0.432. The fraction of sp³-hybridized carbons (Fsp3) is 0.500. The van der Waals surface area contributed by atoms with Gasteiger partial charge in [-0.15, -0.1) is 0 Å². The molecule has 1 unspecified atom stereocenters. The molecule has 0 aromatic rings. The van der Waals surface area contributed by atoms with Crippen LogP contribution in [0.25, 0.3) is 0 Å². The lowest BCUT2D eigenvalue weighted by atomic mass is 9.81. The third kappa shape index (κ3) is 1.78. The molecule has 3 nitrogen and oxygen atoms in total. The third-order valence-electron chi connectivity index (χ3n) is 2.18. The average Bonchev–Trinajstić information content (AvgIpc) is 2.02. The monoisotopic (exact) mass is 207 g/mol. The molecule has 0 aromatic carbocycles. The smallest absolute Gasteiger partial charge is 0.259 e. The number of nitro groups is 1. The van der Waals surface area contributed by atoms with Gasteiger partial charge in [0.2, 0.25) is 5.70 Å². The van der Waals surface area contributed by atoms with Crippen LogP contribution in [0.15, 0.2) is 23.9 Å². The molecule has 0 amide bonds. The molecular formula is C8H8F3NO2. The summed E-state index contributed by atoms with van der Waals surface area (Å²) in [4.78, 5) is 9.52. The summed E-state index contributed by atoms with van der Waals surface area (Å²) in [5.74, 6) is 0. The number of allylic oxidation sites excluding steroid dienone is 4. The summed E-state index contributed by atoms with van der Waals surface area (Å²) in [5, 5.41) is 10.3. The summed E-state index contributed by atoms with van der Waals surface area (Å²) in [6.07, 6.45) is -1.96. The first-order valence-corrected chi connectivity index (χ1v) is 3.86. The maximum Gasteiger partial charge on any atom is 0.398 e. The van der Waals surface area contributed by atoms with Gasteiger partial charge in [0.1, 0.15) is 0 Å². The summed E-state index contributed by atoms with van der Waals surface area (Å²) in [7, 11) is 0. The number of alkyl halides is 3. The first-order valence-electron chi connectivity index (χ1n) is 3.86. The predicted molar refractivity (Wildman–Crippen MR) is 43.0 cm³/mol. The zero-order chi connectivity index (χ0) is 11.0. The van der Waals surface area contributed by atoms with Gasteiger partial charge in [-0.25, -0.2) is 0 Å². The number of hydrogen-bond donors (Lipinski definition) is 0. The second-order valence-electron chi connectivity index (χ2n) is 3.37. The van der Waals surface area contributed by atoms with Crippen LogP contribution < -0.4 is 0 Å². The molecule has 0 aromatic heterocycles. The van der Waals surface area contributed by atoms with Crippen molar-refractivity contribution in [3.63, 3.8) is 0 Å². The van der Waals surface area contributed by atoms with E-state index in [1.807, 2.05) is 0 Å². The van der Waals surface area contributed by atoms with Gasteiger partial charge in [0.05, 0.1) is 16.8 Å². The Morgan fingerprint density at radius 3 is 2.57 bits per heavy atom. The van der Waals surface area contributed by atoms with Crippen molar-refractivity contribution >= 4 is 0 Å². The highest BCUT2D eigenvalue weighted by Gasteiger charge is 2.51. The zero-order valence-electron chi connectivity index (χ0n) is 7.34. The standard InChI is InChI=1S/C8H8F3NO2/c1-7(8(9,10)11)4-2-3-6(5-7)12(13)14/h2-4H,5H2,1H3. The van der Waals surface area contributed by atoms with E-state index in [9.17, 15) is 23.3 Å². The lowest BCUT2D eigenvalue weighted by Crippen LogP contribution is -2.35. The highest BCUT2D eigenvalue weighted by atomic mass is 19.4. The van der Waals surface area contributed by atoms with Crippen LogP contribution in [0.5, 0.6) is 0 Å². The number of halogens is 3. The van der Waals surface area contributed by atoms with Crippen LogP contribution in [0, 0.1) is 15.5 Å². The van der Waals surface area contributed by atoms with Crippen molar-refractivity contribution in [1.82, 2.24) is 0 Å². The Bertz CT molecular complexity index is 319. The van der Waals surface area contributed by atoms with Crippen LogP contribution in [-0.4, -0.2) is 11.1 Å². The Morgan fingerprint density at radius 1 is 1.57 bits per heavy atom. The predicted octanol–water partition coefficient (Wildman–Crippen LogP) is 2.68. The molecular weight excluding hydrogens is 199 g/mol. The van der Waals surface area contributed by atoms with Gasteiger partial charge in [-0.2, -0.15) is 13.2 Å². The van der Waals surface area contributed by atoms with Crippen molar-refractivity contribution in [2.45, 2.75) is 19.5 Å². The molecule has 0 heterocycles. The van der Waals surface area contributed by atoms with Gasteiger partial charge < -0.3 is 0 Å². The SMILES string of the molecule is CC1(C(F)(F)F)C=CC=C([N+](=O)[O-])C1. The molecule has 1 aliphatic carbocycles. The quantitative estimate of drug-likeness (QED) is 0.490. The first kappa shape index (κ1) is 10.7. The third-order valence-corrected chi connectivity index (χ3v) is 2.18. The van der Waals surface area contributed by atoms with Gasteiger partial charge >= 0.3 is 6.18 Å². The molecule has 1 rings (SSSR count). The molecule has 0 saturated carbocycles.